The second kappa shape index (κ2) is 5.33. The van der Waals surface area contributed by atoms with Crippen molar-refractivity contribution < 1.29 is 5.11 Å². The number of aliphatic hydroxyl groups is 1. The Morgan fingerprint density at radius 1 is 1.41 bits per heavy atom. The molecule has 1 N–H and O–H groups in total. The van der Waals surface area contributed by atoms with Crippen molar-refractivity contribution in [2.24, 2.45) is 7.05 Å². The molecule has 0 spiro atoms. The van der Waals surface area contributed by atoms with Gasteiger partial charge in [0, 0.05) is 28.6 Å². The largest absolute Gasteiger partial charge is 0.388 e. The first-order valence-electron chi connectivity index (χ1n) is 5.17. The van der Waals surface area contributed by atoms with Crippen molar-refractivity contribution >= 4 is 31.9 Å². The summed E-state index contributed by atoms with van der Waals surface area (Å²) in [5, 5.41) is 14.3. The molecule has 0 aliphatic heterocycles. The van der Waals surface area contributed by atoms with Gasteiger partial charge in [-0.15, -0.1) is 0 Å². The minimum absolute atomic E-state index is 0.526. The van der Waals surface area contributed by atoms with E-state index in [0.717, 1.165) is 20.1 Å². The van der Waals surface area contributed by atoms with Crippen molar-refractivity contribution in [2.75, 3.05) is 0 Å². The number of aromatic nitrogens is 2. The standard InChI is InChI=1S/C12H12Br2N2O/c1-16-7-8(6-15-16)4-12(17)10-3-2-9(13)5-11(10)14/h2-3,5-7,12,17H,4H2,1H3. The van der Waals surface area contributed by atoms with Gasteiger partial charge in [-0.05, 0) is 23.3 Å². The van der Waals surface area contributed by atoms with Crippen LogP contribution in [0.4, 0.5) is 0 Å². The zero-order valence-corrected chi connectivity index (χ0v) is 12.4. The van der Waals surface area contributed by atoms with Gasteiger partial charge in [-0.1, -0.05) is 37.9 Å². The molecule has 0 aliphatic rings. The van der Waals surface area contributed by atoms with Crippen LogP contribution in [0.25, 0.3) is 0 Å². The molecule has 90 valence electrons. The molecular formula is C12H12Br2N2O. The second-order valence-corrected chi connectivity index (χ2v) is 5.68. The first-order valence-corrected chi connectivity index (χ1v) is 6.75. The zero-order chi connectivity index (χ0) is 12.4. The van der Waals surface area contributed by atoms with E-state index in [1.54, 1.807) is 10.9 Å². The monoisotopic (exact) mass is 358 g/mol. The van der Waals surface area contributed by atoms with Crippen LogP contribution in [0.1, 0.15) is 17.2 Å². The van der Waals surface area contributed by atoms with E-state index in [4.69, 9.17) is 0 Å². The average molecular weight is 360 g/mol. The third kappa shape index (κ3) is 3.18. The van der Waals surface area contributed by atoms with Crippen LogP contribution in [0.15, 0.2) is 39.5 Å². The molecule has 1 heterocycles. The first kappa shape index (κ1) is 12.8. The van der Waals surface area contributed by atoms with E-state index in [1.807, 2.05) is 31.4 Å². The Balaban J connectivity index is 2.17. The van der Waals surface area contributed by atoms with Crippen molar-refractivity contribution in [3.05, 3.63) is 50.7 Å². The molecular weight excluding hydrogens is 348 g/mol. The highest BCUT2D eigenvalue weighted by Crippen LogP contribution is 2.28. The second-order valence-electron chi connectivity index (χ2n) is 3.91. The maximum Gasteiger partial charge on any atom is 0.0842 e. The van der Waals surface area contributed by atoms with Crippen molar-refractivity contribution in [3.8, 4) is 0 Å². The van der Waals surface area contributed by atoms with Crippen LogP contribution in [0.2, 0.25) is 0 Å². The maximum absolute atomic E-state index is 10.2. The summed E-state index contributed by atoms with van der Waals surface area (Å²) in [5.74, 6) is 0. The van der Waals surface area contributed by atoms with Gasteiger partial charge in [0.05, 0.1) is 12.3 Å². The topological polar surface area (TPSA) is 38.0 Å². The van der Waals surface area contributed by atoms with Crippen LogP contribution in [0.5, 0.6) is 0 Å². The quantitative estimate of drug-likeness (QED) is 0.913. The molecule has 1 atom stereocenters. The van der Waals surface area contributed by atoms with Crippen LogP contribution in [0, 0.1) is 0 Å². The minimum atomic E-state index is -0.526. The molecule has 0 fully saturated rings. The van der Waals surface area contributed by atoms with E-state index in [1.165, 1.54) is 0 Å². The number of halogens is 2. The number of aryl methyl sites for hydroxylation is 1. The fourth-order valence-electron chi connectivity index (χ4n) is 1.68. The van der Waals surface area contributed by atoms with Crippen LogP contribution in [-0.2, 0) is 13.5 Å². The lowest BCUT2D eigenvalue weighted by Gasteiger charge is -2.12. The Bertz CT molecular complexity index is 525. The summed E-state index contributed by atoms with van der Waals surface area (Å²) in [6, 6.07) is 5.77. The van der Waals surface area contributed by atoms with Crippen LogP contribution >= 0.6 is 31.9 Å². The summed E-state index contributed by atoms with van der Waals surface area (Å²) in [4.78, 5) is 0. The Kier molecular flexibility index (Phi) is 4.01. The Labute approximate surface area is 117 Å². The molecule has 0 amide bonds. The summed E-state index contributed by atoms with van der Waals surface area (Å²) < 4.78 is 3.63. The summed E-state index contributed by atoms with van der Waals surface area (Å²) in [6.07, 6.45) is 3.72. The number of hydrogen-bond acceptors (Lipinski definition) is 2. The molecule has 17 heavy (non-hydrogen) atoms. The number of hydrogen-bond donors (Lipinski definition) is 1. The highest BCUT2D eigenvalue weighted by atomic mass is 79.9. The van der Waals surface area contributed by atoms with Gasteiger partial charge in [0.2, 0.25) is 0 Å². The summed E-state index contributed by atoms with van der Waals surface area (Å²) in [7, 11) is 1.87. The zero-order valence-electron chi connectivity index (χ0n) is 9.27. The third-order valence-corrected chi connectivity index (χ3v) is 3.69. The molecule has 1 aromatic carbocycles. The molecule has 1 unspecified atom stereocenters. The predicted molar refractivity (Wildman–Crippen MR) is 73.7 cm³/mol. The van der Waals surface area contributed by atoms with Gasteiger partial charge in [-0.3, -0.25) is 4.68 Å². The average Bonchev–Trinajstić information content (AvgIpc) is 2.63. The van der Waals surface area contributed by atoms with Crippen LogP contribution < -0.4 is 0 Å². The highest BCUT2D eigenvalue weighted by molar-refractivity contribution is 9.11. The SMILES string of the molecule is Cn1cc(CC(O)c2ccc(Br)cc2Br)cn1. The van der Waals surface area contributed by atoms with E-state index >= 15 is 0 Å². The van der Waals surface area contributed by atoms with Gasteiger partial charge in [0.1, 0.15) is 0 Å². The van der Waals surface area contributed by atoms with Crippen molar-refractivity contribution in [2.45, 2.75) is 12.5 Å². The fraction of sp³-hybridized carbons (Fsp3) is 0.250. The van der Waals surface area contributed by atoms with Gasteiger partial charge in [-0.25, -0.2) is 0 Å². The first-order chi connectivity index (χ1) is 8.06. The van der Waals surface area contributed by atoms with Gasteiger partial charge in [0.15, 0.2) is 0 Å². The molecule has 1 aromatic heterocycles. The van der Waals surface area contributed by atoms with Gasteiger partial charge >= 0.3 is 0 Å². The van der Waals surface area contributed by atoms with E-state index in [0.29, 0.717) is 6.42 Å². The molecule has 3 nitrogen and oxygen atoms in total. The number of aliphatic hydroxyl groups excluding tert-OH is 1. The molecule has 5 heteroatoms. The Morgan fingerprint density at radius 3 is 2.76 bits per heavy atom. The summed E-state index contributed by atoms with van der Waals surface area (Å²) in [6.45, 7) is 0. The van der Waals surface area contributed by atoms with E-state index < -0.39 is 6.10 Å². The lowest BCUT2D eigenvalue weighted by molar-refractivity contribution is 0.177. The van der Waals surface area contributed by atoms with Crippen molar-refractivity contribution in [3.63, 3.8) is 0 Å². The normalized spacial score (nSPS) is 12.7. The van der Waals surface area contributed by atoms with E-state index in [-0.39, 0.29) is 0 Å². The van der Waals surface area contributed by atoms with Crippen molar-refractivity contribution in [1.82, 2.24) is 9.78 Å². The Hall–Kier alpha value is -0.650. The lowest BCUT2D eigenvalue weighted by Crippen LogP contribution is -2.02. The van der Waals surface area contributed by atoms with Crippen LogP contribution in [-0.4, -0.2) is 14.9 Å². The van der Waals surface area contributed by atoms with Gasteiger partial charge < -0.3 is 5.11 Å². The molecule has 2 rings (SSSR count). The molecule has 0 radical (unpaired) electrons. The molecule has 0 aliphatic carbocycles. The molecule has 0 saturated heterocycles. The third-order valence-electron chi connectivity index (χ3n) is 2.51. The number of benzene rings is 1. The van der Waals surface area contributed by atoms with Crippen molar-refractivity contribution in [1.29, 1.82) is 0 Å². The smallest absolute Gasteiger partial charge is 0.0842 e. The van der Waals surface area contributed by atoms with Gasteiger partial charge in [-0.2, -0.15) is 5.10 Å². The lowest BCUT2D eigenvalue weighted by atomic mass is 10.0. The fourth-order valence-corrected chi connectivity index (χ4v) is 2.99. The maximum atomic E-state index is 10.2. The van der Waals surface area contributed by atoms with E-state index in [2.05, 4.69) is 37.0 Å². The minimum Gasteiger partial charge on any atom is -0.388 e. The van der Waals surface area contributed by atoms with Gasteiger partial charge in [0.25, 0.3) is 0 Å². The number of rotatable bonds is 3. The Morgan fingerprint density at radius 2 is 2.18 bits per heavy atom. The molecule has 2 aromatic rings. The van der Waals surface area contributed by atoms with E-state index in [9.17, 15) is 5.11 Å². The number of nitrogens with zero attached hydrogens (tertiary/aromatic N) is 2. The summed E-state index contributed by atoms with van der Waals surface area (Å²) >= 11 is 6.85. The highest BCUT2D eigenvalue weighted by Gasteiger charge is 2.13. The molecule has 0 bridgehead atoms. The van der Waals surface area contributed by atoms with Crippen LogP contribution in [0.3, 0.4) is 0 Å². The molecule has 0 saturated carbocycles. The summed E-state index contributed by atoms with van der Waals surface area (Å²) in [5.41, 5.74) is 1.91. The predicted octanol–water partition coefficient (Wildman–Crippen LogP) is 3.22.